The van der Waals surface area contributed by atoms with Crippen LogP contribution in [0.2, 0.25) is 0 Å². The Balaban J connectivity index is 1.68. The Morgan fingerprint density at radius 3 is 2.50 bits per heavy atom. The second kappa shape index (κ2) is 11.0. The number of hydrogen-bond acceptors (Lipinski definition) is 5. The minimum atomic E-state index is -5.18. The van der Waals surface area contributed by atoms with E-state index in [2.05, 4.69) is 10.1 Å². The highest BCUT2D eigenvalue weighted by Crippen LogP contribution is 2.35. The highest BCUT2D eigenvalue weighted by atomic mass is 19.4. The molecule has 7 nitrogen and oxygen atoms in total. The Morgan fingerprint density at radius 1 is 1.09 bits per heavy atom. The molecule has 0 aromatic heterocycles. The smallest absolute Gasteiger partial charge is 0.491 e. The predicted octanol–water partition coefficient (Wildman–Crippen LogP) is 4.29. The first-order chi connectivity index (χ1) is 16.1. The Hall–Kier alpha value is -3.56. The normalized spacial score (nSPS) is 14.3. The zero-order valence-electron chi connectivity index (χ0n) is 18.4. The van der Waals surface area contributed by atoms with Crippen molar-refractivity contribution in [1.82, 2.24) is 5.32 Å². The average Bonchev–Trinajstić information content (AvgIpc) is 2.81. The Labute approximate surface area is 194 Å². The molecule has 0 spiro atoms. The van der Waals surface area contributed by atoms with Gasteiger partial charge < -0.3 is 20.5 Å². The molecule has 0 radical (unpaired) electrons. The molecule has 182 valence electrons. The molecule has 0 aliphatic heterocycles. The van der Waals surface area contributed by atoms with Crippen LogP contribution < -0.4 is 20.5 Å². The topological polar surface area (TPSA) is 115 Å². The standard InChI is InChI=1S/C24H26F3N3O4/c25-24(26,27)23(32)34-20-14-16(15-5-2-1-3-6-15)9-10-19(20)22(31)30-11-12-33-18-8-4-7-17(13-18)21(28)29/h4,7-10,13-15H,1-3,5-6,11-12H2,(H3,28,29)(H,30,31). The number of ether oxygens (including phenoxy) is 2. The number of amidine groups is 1. The molecule has 0 unspecified atom stereocenters. The molecule has 1 fully saturated rings. The predicted molar refractivity (Wildman–Crippen MR) is 119 cm³/mol. The Bertz CT molecular complexity index is 1050. The van der Waals surface area contributed by atoms with Gasteiger partial charge in [0.2, 0.25) is 0 Å². The summed E-state index contributed by atoms with van der Waals surface area (Å²) in [7, 11) is 0. The molecule has 0 bridgehead atoms. The van der Waals surface area contributed by atoms with Crippen molar-refractivity contribution in [2.45, 2.75) is 44.2 Å². The molecule has 1 aliphatic rings. The molecular weight excluding hydrogens is 451 g/mol. The fourth-order valence-electron chi connectivity index (χ4n) is 3.84. The number of benzene rings is 2. The molecule has 4 N–H and O–H groups in total. The average molecular weight is 477 g/mol. The molecule has 0 atom stereocenters. The van der Waals surface area contributed by atoms with Crippen molar-refractivity contribution < 1.29 is 32.2 Å². The number of alkyl halides is 3. The van der Waals surface area contributed by atoms with Gasteiger partial charge in [-0.25, -0.2) is 4.79 Å². The van der Waals surface area contributed by atoms with Crippen LogP contribution in [0.5, 0.6) is 11.5 Å². The summed E-state index contributed by atoms with van der Waals surface area (Å²) in [6.07, 6.45) is -0.272. The molecule has 34 heavy (non-hydrogen) atoms. The van der Waals surface area contributed by atoms with Crippen LogP contribution >= 0.6 is 0 Å². The highest BCUT2D eigenvalue weighted by Gasteiger charge is 2.42. The number of halogens is 3. The van der Waals surface area contributed by atoms with Crippen LogP contribution in [-0.2, 0) is 4.79 Å². The highest BCUT2D eigenvalue weighted by molar-refractivity contribution is 5.98. The first kappa shape index (κ1) is 25.1. The summed E-state index contributed by atoms with van der Waals surface area (Å²) in [6.45, 7) is 0.102. The third-order valence-electron chi connectivity index (χ3n) is 5.56. The van der Waals surface area contributed by atoms with Gasteiger partial charge in [0.15, 0.2) is 0 Å². The van der Waals surface area contributed by atoms with Gasteiger partial charge in [0.25, 0.3) is 5.91 Å². The molecule has 0 saturated heterocycles. The van der Waals surface area contributed by atoms with Gasteiger partial charge in [-0.05, 0) is 48.6 Å². The van der Waals surface area contributed by atoms with Crippen molar-refractivity contribution in [1.29, 1.82) is 5.41 Å². The quantitative estimate of drug-likeness (QED) is 0.173. The van der Waals surface area contributed by atoms with E-state index in [0.29, 0.717) is 11.3 Å². The van der Waals surface area contributed by atoms with Crippen LogP contribution in [0, 0.1) is 5.41 Å². The lowest BCUT2D eigenvalue weighted by atomic mass is 9.84. The van der Waals surface area contributed by atoms with E-state index in [0.717, 1.165) is 37.7 Å². The van der Waals surface area contributed by atoms with Crippen molar-refractivity contribution in [2.24, 2.45) is 5.73 Å². The maximum absolute atomic E-state index is 12.8. The number of nitrogens with two attached hydrogens (primary N) is 1. The number of amides is 1. The maximum Gasteiger partial charge on any atom is 0.491 e. The van der Waals surface area contributed by atoms with Crippen LogP contribution in [0.1, 0.15) is 59.5 Å². The Morgan fingerprint density at radius 2 is 1.82 bits per heavy atom. The maximum atomic E-state index is 12.8. The largest absolute Gasteiger partial charge is 0.492 e. The second-order valence-electron chi connectivity index (χ2n) is 8.02. The van der Waals surface area contributed by atoms with E-state index in [9.17, 15) is 22.8 Å². The number of nitrogen functional groups attached to an aromatic ring is 1. The van der Waals surface area contributed by atoms with Gasteiger partial charge in [-0.1, -0.05) is 37.5 Å². The molecule has 1 aliphatic carbocycles. The summed E-state index contributed by atoms with van der Waals surface area (Å²) in [5, 5.41) is 10.00. The molecule has 0 heterocycles. The van der Waals surface area contributed by atoms with Gasteiger partial charge in [-0.3, -0.25) is 10.2 Å². The first-order valence-electron chi connectivity index (χ1n) is 10.9. The minimum absolute atomic E-state index is 0.0418. The number of carbonyl (C=O) groups is 2. The third kappa shape index (κ3) is 6.72. The summed E-state index contributed by atoms with van der Waals surface area (Å²) in [5.41, 5.74) is 6.50. The molecule has 2 aromatic carbocycles. The van der Waals surface area contributed by atoms with Crippen LogP contribution in [0.3, 0.4) is 0 Å². The molecular formula is C24H26F3N3O4. The first-order valence-corrected chi connectivity index (χ1v) is 10.9. The van der Waals surface area contributed by atoms with Gasteiger partial charge >= 0.3 is 12.1 Å². The van der Waals surface area contributed by atoms with E-state index in [-0.39, 0.29) is 30.5 Å². The van der Waals surface area contributed by atoms with Crippen LogP contribution in [0.25, 0.3) is 0 Å². The van der Waals surface area contributed by atoms with Gasteiger partial charge in [-0.15, -0.1) is 0 Å². The number of nitrogens with one attached hydrogen (secondary N) is 2. The summed E-state index contributed by atoms with van der Waals surface area (Å²) >= 11 is 0. The van der Waals surface area contributed by atoms with E-state index in [1.807, 2.05) is 0 Å². The number of hydrogen-bond donors (Lipinski definition) is 3. The van der Waals surface area contributed by atoms with E-state index in [4.69, 9.17) is 15.9 Å². The lowest BCUT2D eigenvalue weighted by molar-refractivity contribution is -0.189. The van der Waals surface area contributed by atoms with Gasteiger partial charge in [-0.2, -0.15) is 13.2 Å². The lowest BCUT2D eigenvalue weighted by Gasteiger charge is -2.23. The summed E-state index contributed by atoms with van der Waals surface area (Å²) < 4.78 is 48.5. The van der Waals surface area contributed by atoms with Crippen LogP contribution in [-0.4, -0.2) is 37.0 Å². The molecule has 3 rings (SSSR count). The van der Waals surface area contributed by atoms with Crippen molar-refractivity contribution in [2.75, 3.05) is 13.2 Å². The van der Waals surface area contributed by atoms with Crippen LogP contribution in [0.15, 0.2) is 42.5 Å². The van der Waals surface area contributed by atoms with E-state index in [1.54, 1.807) is 30.3 Å². The number of carbonyl (C=O) groups excluding carboxylic acids is 2. The lowest BCUT2D eigenvalue weighted by Crippen LogP contribution is -2.31. The van der Waals surface area contributed by atoms with Gasteiger partial charge in [0, 0.05) is 5.56 Å². The Kier molecular flexibility index (Phi) is 8.14. The zero-order chi connectivity index (χ0) is 24.7. The zero-order valence-corrected chi connectivity index (χ0v) is 18.4. The van der Waals surface area contributed by atoms with E-state index < -0.39 is 23.8 Å². The van der Waals surface area contributed by atoms with Crippen molar-refractivity contribution in [3.63, 3.8) is 0 Å². The second-order valence-corrected chi connectivity index (χ2v) is 8.02. The minimum Gasteiger partial charge on any atom is -0.492 e. The van der Waals surface area contributed by atoms with Crippen molar-refractivity contribution in [3.05, 3.63) is 59.2 Å². The number of esters is 1. The molecule has 2 aromatic rings. The third-order valence-corrected chi connectivity index (χ3v) is 5.56. The SMILES string of the molecule is N=C(N)c1cccc(OCCNC(=O)c2ccc(C3CCCCC3)cc2OC(=O)C(F)(F)F)c1. The van der Waals surface area contributed by atoms with Gasteiger partial charge in [0.1, 0.15) is 23.9 Å². The summed E-state index contributed by atoms with van der Waals surface area (Å²) in [6, 6.07) is 11.0. The molecule has 1 amide bonds. The monoisotopic (exact) mass is 477 g/mol. The summed E-state index contributed by atoms with van der Waals surface area (Å²) in [5.74, 6) is -3.02. The molecule has 1 saturated carbocycles. The summed E-state index contributed by atoms with van der Waals surface area (Å²) in [4.78, 5) is 24.1. The molecule has 10 heteroatoms. The fraction of sp³-hybridized carbons (Fsp3) is 0.375. The fourth-order valence-corrected chi connectivity index (χ4v) is 3.84. The van der Waals surface area contributed by atoms with Crippen LogP contribution in [0.4, 0.5) is 13.2 Å². The van der Waals surface area contributed by atoms with Crippen molar-refractivity contribution >= 4 is 17.7 Å². The van der Waals surface area contributed by atoms with Crippen molar-refractivity contribution in [3.8, 4) is 11.5 Å². The van der Waals surface area contributed by atoms with Gasteiger partial charge in [0.05, 0.1) is 12.1 Å². The van der Waals surface area contributed by atoms with E-state index in [1.165, 1.54) is 12.1 Å². The number of rotatable bonds is 8. The van der Waals surface area contributed by atoms with E-state index >= 15 is 0 Å².